The standard InChI is InChI=1S/C25H27N3O6/c1-3-33-23-15-18(8-9-22(23)34-17-24(29)28-10-12-32-13-11-28)14-19(16-26)25(30)27-20-6-4-5-7-21(20)31-2/h4-9,14-15H,3,10-13,17H2,1-2H3,(H,27,30)/b19-14-. The van der Waals surface area contributed by atoms with E-state index in [0.29, 0.717) is 61.4 Å². The van der Waals surface area contributed by atoms with Crippen LogP contribution in [0, 0.1) is 11.3 Å². The molecule has 0 atom stereocenters. The van der Waals surface area contributed by atoms with Gasteiger partial charge in [0.1, 0.15) is 17.4 Å². The molecule has 0 saturated carbocycles. The second kappa shape index (κ2) is 12.3. The molecule has 0 unspecified atom stereocenters. The summed E-state index contributed by atoms with van der Waals surface area (Å²) in [6.07, 6.45) is 1.45. The molecular weight excluding hydrogens is 438 g/mol. The van der Waals surface area contributed by atoms with Crippen LogP contribution in [0.1, 0.15) is 12.5 Å². The second-order valence-corrected chi connectivity index (χ2v) is 7.25. The molecule has 1 aliphatic heterocycles. The minimum absolute atomic E-state index is 0.0930. The molecule has 1 N–H and O–H groups in total. The van der Waals surface area contributed by atoms with Crippen molar-refractivity contribution in [3.8, 4) is 23.3 Å². The molecule has 0 radical (unpaired) electrons. The van der Waals surface area contributed by atoms with Crippen LogP contribution in [0.3, 0.4) is 0 Å². The summed E-state index contributed by atoms with van der Waals surface area (Å²) in [5.74, 6) is 0.599. The molecular formula is C25H27N3O6. The number of rotatable bonds is 9. The zero-order chi connectivity index (χ0) is 24.3. The first-order valence-electron chi connectivity index (χ1n) is 10.9. The van der Waals surface area contributed by atoms with Gasteiger partial charge in [-0.3, -0.25) is 9.59 Å². The third-order valence-corrected chi connectivity index (χ3v) is 5.01. The Hall–Kier alpha value is -4.03. The molecule has 34 heavy (non-hydrogen) atoms. The van der Waals surface area contributed by atoms with E-state index in [1.165, 1.54) is 13.2 Å². The first-order valence-corrected chi connectivity index (χ1v) is 10.9. The highest BCUT2D eigenvalue weighted by Crippen LogP contribution is 2.30. The second-order valence-electron chi connectivity index (χ2n) is 7.25. The number of methoxy groups -OCH3 is 1. The lowest BCUT2D eigenvalue weighted by Gasteiger charge is -2.26. The maximum absolute atomic E-state index is 12.7. The Kier molecular flexibility index (Phi) is 8.88. The Bertz CT molecular complexity index is 1090. The molecule has 2 aromatic rings. The summed E-state index contributed by atoms with van der Waals surface area (Å²) in [6, 6.07) is 13.8. The fraction of sp³-hybridized carbons (Fsp3) is 0.320. The molecule has 0 aliphatic carbocycles. The van der Waals surface area contributed by atoms with Gasteiger partial charge >= 0.3 is 0 Å². The molecule has 1 aliphatic rings. The number of nitriles is 1. The van der Waals surface area contributed by atoms with Crippen LogP contribution < -0.4 is 19.5 Å². The molecule has 9 nitrogen and oxygen atoms in total. The predicted molar refractivity (Wildman–Crippen MR) is 126 cm³/mol. The zero-order valence-corrected chi connectivity index (χ0v) is 19.2. The fourth-order valence-corrected chi connectivity index (χ4v) is 3.30. The van der Waals surface area contributed by atoms with Crippen LogP contribution in [-0.4, -0.2) is 63.3 Å². The van der Waals surface area contributed by atoms with Gasteiger partial charge in [-0.2, -0.15) is 5.26 Å². The van der Waals surface area contributed by atoms with Crippen molar-refractivity contribution in [2.75, 3.05) is 51.9 Å². The Morgan fingerprint density at radius 1 is 1.12 bits per heavy atom. The summed E-state index contributed by atoms with van der Waals surface area (Å²) < 4.78 is 21.9. The summed E-state index contributed by atoms with van der Waals surface area (Å²) >= 11 is 0. The number of amides is 2. The first-order chi connectivity index (χ1) is 16.5. The average molecular weight is 466 g/mol. The van der Waals surface area contributed by atoms with E-state index >= 15 is 0 Å². The van der Waals surface area contributed by atoms with Crippen molar-refractivity contribution in [2.45, 2.75) is 6.92 Å². The molecule has 1 fully saturated rings. The van der Waals surface area contributed by atoms with Crippen molar-refractivity contribution >= 4 is 23.6 Å². The fourth-order valence-electron chi connectivity index (χ4n) is 3.30. The Morgan fingerprint density at radius 3 is 2.59 bits per heavy atom. The SMILES string of the molecule is CCOc1cc(/C=C(/C#N)C(=O)Nc2ccccc2OC)ccc1OCC(=O)N1CCOCC1. The van der Waals surface area contributed by atoms with E-state index in [1.54, 1.807) is 47.4 Å². The number of hydrogen-bond donors (Lipinski definition) is 1. The van der Waals surface area contributed by atoms with Crippen molar-refractivity contribution in [2.24, 2.45) is 0 Å². The Labute approximate surface area is 198 Å². The van der Waals surface area contributed by atoms with Crippen LogP contribution in [0.2, 0.25) is 0 Å². The molecule has 1 saturated heterocycles. The summed E-state index contributed by atoms with van der Waals surface area (Å²) in [5, 5.41) is 12.2. The number of ether oxygens (including phenoxy) is 4. The third kappa shape index (κ3) is 6.49. The van der Waals surface area contributed by atoms with Crippen molar-refractivity contribution < 1.29 is 28.5 Å². The normalized spacial score (nSPS) is 13.6. The van der Waals surface area contributed by atoms with Crippen LogP contribution in [0.4, 0.5) is 5.69 Å². The van der Waals surface area contributed by atoms with Crippen LogP contribution in [0.15, 0.2) is 48.0 Å². The van der Waals surface area contributed by atoms with Gasteiger partial charge < -0.3 is 29.2 Å². The van der Waals surface area contributed by atoms with E-state index in [9.17, 15) is 14.9 Å². The lowest BCUT2D eigenvalue weighted by molar-refractivity contribution is -0.137. The quantitative estimate of drug-likeness (QED) is 0.448. The smallest absolute Gasteiger partial charge is 0.266 e. The van der Waals surface area contributed by atoms with Crippen LogP contribution in [-0.2, 0) is 14.3 Å². The Balaban J connectivity index is 1.73. The number of carbonyl (C=O) groups is 2. The van der Waals surface area contributed by atoms with Crippen molar-refractivity contribution in [1.29, 1.82) is 5.26 Å². The van der Waals surface area contributed by atoms with Gasteiger partial charge in [-0.05, 0) is 42.8 Å². The lowest BCUT2D eigenvalue weighted by Crippen LogP contribution is -2.43. The molecule has 2 amide bonds. The highest BCUT2D eigenvalue weighted by atomic mass is 16.5. The number of nitrogens with zero attached hydrogens (tertiary/aromatic N) is 2. The minimum atomic E-state index is -0.568. The maximum atomic E-state index is 12.7. The van der Waals surface area contributed by atoms with E-state index in [-0.39, 0.29) is 18.1 Å². The molecule has 3 rings (SSSR count). The van der Waals surface area contributed by atoms with E-state index in [1.807, 2.05) is 13.0 Å². The number of morpholine rings is 1. The van der Waals surface area contributed by atoms with Gasteiger partial charge in [-0.1, -0.05) is 18.2 Å². The highest BCUT2D eigenvalue weighted by Gasteiger charge is 2.18. The van der Waals surface area contributed by atoms with E-state index in [0.717, 1.165) is 0 Å². The van der Waals surface area contributed by atoms with Gasteiger partial charge in [0.2, 0.25) is 0 Å². The highest BCUT2D eigenvalue weighted by molar-refractivity contribution is 6.10. The summed E-state index contributed by atoms with van der Waals surface area (Å²) in [4.78, 5) is 26.7. The number of carbonyl (C=O) groups excluding carboxylic acids is 2. The summed E-state index contributed by atoms with van der Waals surface area (Å²) in [5.41, 5.74) is 0.936. The van der Waals surface area contributed by atoms with Crippen molar-refractivity contribution in [3.63, 3.8) is 0 Å². The topological polar surface area (TPSA) is 110 Å². The molecule has 2 aromatic carbocycles. The number of para-hydroxylation sites is 2. The summed E-state index contributed by atoms with van der Waals surface area (Å²) in [6.45, 7) is 4.19. The molecule has 0 spiro atoms. The number of nitrogens with one attached hydrogen (secondary N) is 1. The van der Waals surface area contributed by atoms with E-state index in [2.05, 4.69) is 5.32 Å². The molecule has 9 heteroatoms. The number of anilines is 1. The monoisotopic (exact) mass is 465 g/mol. The zero-order valence-electron chi connectivity index (χ0n) is 19.2. The minimum Gasteiger partial charge on any atom is -0.495 e. The van der Waals surface area contributed by atoms with Gasteiger partial charge in [0.05, 0.1) is 32.6 Å². The van der Waals surface area contributed by atoms with E-state index in [4.69, 9.17) is 18.9 Å². The molecule has 0 aromatic heterocycles. The summed E-state index contributed by atoms with van der Waals surface area (Å²) in [7, 11) is 1.50. The average Bonchev–Trinajstić information content (AvgIpc) is 2.87. The third-order valence-electron chi connectivity index (χ3n) is 5.01. The predicted octanol–water partition coefficient (Wildman–Crippen LogP) is 2.88. The van der Waals surface area contributed by atoms with Crippen LogP contribution in [0.5, 0.6) is 17.2 Å². The van der Waals surface area contributed by atoms with Crippen LogP contribution in [0.25, 0.3) is 6.08 Å². The van der Waals surface area contributed by atoms with Crippen molar-refractivity contribution in [1.82, 2.24) is 4.90 Å². The number of hydrogen-bond acceptors (Lipinski definition) is 7. The Morgan fingerprint density at radius 2 is 1.88 bits per heavy atom. The van der Waals surface area contributed by atoms with Gasteiger partial charge in [0.25, 0.3) is 11.8 Å². The number of benzene rings is 2. The van der Waals surface area contributed by atoms with Crippen LogP contribution >= 0.6 is 0 Å². The van der Waals surface area contributed by atoms with Gasteiger partial charge in [0.15, 0.2) is 18.1 Å². The van der Waals surface area contributed by atoms with E-state index < -0.39 is 5.91 Å². The lowest BCUT2D eigenvalue weighted by atomic mass is 10.1. The molecule has 1 heterocycles. The maximum Gasteiger partial charge on any atom is 0.266 e. The van der Waals surface area contributed by atoms with Crippen molar-refractivity contribution in [3.05, 3.63) is 53.6 Å². The molecule has 178 valence electrons. The van der Waals surface area contributed by atoms with Gasteiger partial charge in [-0.25, -0.2) is 0 Å². The molecule has 0 bridgehead atoms. The first kappa shape index (κ1) is 24.6. The largest absolute Gasteiger partial charge is 0.495 e. The van der Waals surface area contributed by atoms with Gasteiger partial charge in [0, 0.05) is 13.1 Å². The van der Waals surface area contributed by atoms with Gasteiger partial charge in [-0.15, -0.1) is 0 Å².